The van der Waals surface area contributed by atoms with Crippen molar-refractivity contribution >= 4 is 0 Å². The van der Waals surface area contributed by atoms with Crippen LogP contribution in [-0.4, -0.2) is 4.98 Å². The number of halogens is 1. The molecular formula is C11H7FN2O. The van der Waals surface area contributed by atoms with Crippen LogP contribution in [0.4, 0.5) is 4.39 Å². The highest BCUT2D eigenvalue weighted by atomic mass is 19.1. The van der Waals surface area contributed by atoms with Gasteiger partial charge in [0.05, 0.1) is 18.2 Å². The maximum absolute atomic E-state index is 12.9. The summed E-state index contributed by atoms with van der Waals surface area (Å²) in [4.78, 5) is 4.06. The van der Waals surface area contributed by atoms with E-state index < -0.39 is 0 Å². The zero-order chi connectivity index (χ0) is 10.7. The van der Waals surface area contributed by atoms with Gasteiger partial charge in [-0.3, -0.25) is 0 Å². The first kappa shape index (κ1) is 9.41. The van der Waals surface area contributed by atoms with Crippen LogP contribution in [0.5, 0.6) is 0 Å². The zero-order valence-corrected chi connectivity index (χ0v) is 7.77. The molecule has 2 rings (SSSR count). The van der Waals surface area contributed by atoms with Gasteiger partial charge >= 0.3 is 0 Å². The average molecular weight is 202 g/mol. The molecule has 0 saturated heterocycles. The van der Waals surface area contributed by atoms with Crippen LogP contribution >= 0.6 is 0 Å². The Hall–Kier alpha value is -2.15. The molecule has 0 aliphatic heterocycles. The number of benzene rings is 1. The van der Waals surface area contributed by atoms with Crippen molar-refractivity contribution in [2.24, 2.45) is 0 Å². The zero-order valence-electron chi connectivity index (χ0n) is 7.77. The van der Waals surface area contributed by atoms with Crippen molar-refractivity contribution in [3.8, 4) is 17.5 Å². The number of oxazole rings is 1. The monoisotopic (exact) mass is 202 g/mol. The molecule has 0 aliphatic rings. The van der Waals surface area contributed by atoms with Gasteiger partial charge < -0.3 is 4.42 Å². The van der Waals surface area contributed by atoms with Gasteiger partial charge in [-0.05, 0) is 18.2 Å². The molecule has 3 nitrogen and oxygen atoms in total. The summed E-state index contributed by atoms with van der Waals surface area (Å²) in [5.41, 5.74) is 1.12. The number of nitriles is 1. The first-order chi connectivity index (χ1) is 7.29. The van der Waals surface area contributed by atoms with E-state index in [2.05, 4.69) is 4.98 Å². The number of aromatic nitrogens is 1. The molecule has 0 spiro atoms. The molecule has 0 atom stereocenters. The van der Waals surface area contributed by atoms with Gasteiger partial charge in [0.25, 0.3) is 0 Å². The molecule has 0 amide bonds. The predicted molar refractivity (Wildman–Crippen MR) is 51.2 cm³/mol. The summed E-state index contributed by atoms with van der Waals surface area (Å²) >= 11 is 0. The Bertz CT molecular complexity index is 513. The van der Waals surface area contributed by atoms with Crippen molar-refractivity contribution in [3.05, 3.63) is 42.0 Å². The van der Waals surface area contributed by atoms with Gasteiger partial charge in [-0.15, -0.1) is 0 Å². The summed E-state index contributed by atoms with van der Waals surface area (Å²) in [6, 6.07) is 7.93. The maximum Gasteiger partial charge on any atom is 0.226 e. The first-order valence-corrected chi connectivity index (χ1v) is 4.37. The fourth-order valence-corrected chi connectivity index (χ4v) is 1.22. The standard InChI is InChI=1S/C11H7FN2O/c12-9-3-1-2-8(6-9)11-14-10(4-5-13)7-15-11/h1-3,6-7H,4H2. The van der Waals surface area contributed by atoms with Gasteiger partial charge in [-0.1, -0.05) is 6.07 Å². The van der Waals surface area contributed by atoms with E-state index in [1.165, 1.54) is 18.4 Å². The highest BCUT2D eigenvalue weighted by Gasteiger charge is 2.06. The Kier molecular flexibility index (Phi) is 2.46. The van der Waals surface area contributed by atoms with Crippen molar-refractivity contribution in [1.29, 1.82) is 5.26 Å². The van der Waals surface area contributed by atoms with Gasteiger partial charge in [0, 0.05) is 5.56 Å². The summed E-state index contributed by atoms with van der Waals surface area (Å²) in [6.45, 7) is 0. The van der Waals surface area contributed by atoms with E-state index in [4.69, 9.17) is 9.68 Å². The summed E-state index contributed by atoms with van der Waals surface area (Å²) in [6.07, 6.45) is 1.60. The largest absolute Gasteiger partial charge is 0.444 e. The third kappa shape index (κ3) is 2.02. The first-order valence-electron chi connectivity index (χ1n) is 4.37. The molecule has 2 aromatic rings. The van der Waals surface area contributed by atoms with Crippen molar-refractivity contribution in [2.75, 3.05) is 0 Å². The van der Waals surface area contributed by atoms with Crippen LogP contribution in [0.1, 0.15) is 5.69 Å². The van der Waals surface area contributed by atoms with Gasteiger partial charge in [-0.2, -0.15) is 5.26 Å². The Balaban J connectivity index is 2.34. The number of hydrogen-bond donors (Lipinski definition) is 0. The minimum Gasteiger partial charge on any atom is -0.444 e. The van der Waals surface area contributed by atoms with Crippen molar-refractivity contribution in [3.63, 3.8) is 0 Å². The van der Waals surface area contributed by atoms with Gasteiger partial charge in [0.1, 0.15) is 12.1 Å². The lowest BCUT2D eigenvalue weighted by Crippen LogP contribution is -1.82. The predicted octanol–water partition coefficient (Wildman–Crippen LogP) is 2.55. The average Bonchev–Trinajstić information content (AvgIpc) is 2.67. The van der Waals surface area contributed by atoms with Crippen molar-refractivity contribution < 1.29 is 8.81 Å². The molecule has 0 aliphatic carbocycles. The molecule has 1 aromatic carbocycles. The van der Waals surface area contributed by atoms with Crippen LogP contribution in [0, 0.1) is 17.1 Å². The van der Waals surface area contributed by atoms with E-state index in [9.17, 15) is 4.39 Å². The summed E-state index contributed by atoms with van der Waals surface area (Å²) < 4.78 is 18.0. The van der Waals surface area contributed by atoms with Crippen molar-refractivity contribution in [2.45, 2.75) is 6.42 Å². The van der Waals surface area contributed by atoms with Gasteiger partial charge in [-0.25, -0.2) is 9.37 Å². The molecular weight excluding hydrogens is 195 g/mol. The number of nitrogens with zero attached hydrogens (tertiary/aromatic N) is 2. The fourth-order valence-electron chi connectivity index (χ4n) is 1.22. The van der Waals surface area contributed by atoms with E-state index >= 15 is 0 Å². The Labute approximate surface area is 85.8 Å². The molecule has 0 radical (unpaired) electrons. The normalized spacial score (nSPS) is 9.87. The molecule has 0 unspecified atom stereocenters. The minimum atomic E-state index is -0.340. The summed E-state index contributed by atoms with van der Waals surface area (Å²) in [7, 11) is 0. The second-order valence-corrected chi connectivity index (χ2v) is 2.99. The smallest absolute Gasteiger partial charge is 0.226 e. The molecule has 4 heteroatoms. The molecule has 1 aromatic heterocycles. The quantitative estimate of drug-likeness (QED) is 0.751. The highest BCUT2D eigenvalue weighted by Crippen LogP contribution is 2.19. The third-order valence-electron chi connectivity index (χ3n) is 1.88. The molecule has 0 bridgehead atoms. The SMILES string of the molecule is N#CCc1coc(-c2cccc(F)c2)n1. The maximum atomic E-state index is 12.9. The molecule has 15 heavy (non-hydrogen) atoms. The molecule has 0 N–H and O–H groups in total. The lowest BCUT2D eigenvalue weighted by Gasteiger charge is -1.93. The van der Waals surface area contributed by atoms with Crippen LogP contribution in [-0.2, 0) is 6.42 Å². The summed E-state index contributed by atoms with van der Waals surface area (Å²) in [5.74, 6) is -0.00715. The highest BCUT2D eigenvalue weighted by molar-refractivity contribution is 5.52. The lowest BCUT2D eigenvalue weighted by molar-refractivity contribution is 0.571. The topological polar surface area (TPSA) is 49.8 Å². The minimum absolute atomic E-state index is 0.193. The summed E-state index contributed by atoms with van der Waals surface area (Å²) in [5, 5.41) is 8.45. The van der Waals surface area contributed by atoms with E-state index in [0.29, 0.717) is 17.1 Å². The molecule has 0 saturated carbocycles. The molecule has 1 heterocycles. The van der Waals surface area contributed by atoms with Crippen LogP contribution in [0.25, 0.3) is 11.5 Å². The van der Waals surface area contributed by atoms with Crippen molar-refractivity contribution in [1.82, 2.24) is 4.98 Å². The van der Waals surface area contributed by atoms with Crippen LogP contribution < -0.4 is 0 Å². The fraction of sp³-hybridized carbons (Fsp3) is 0.0909. The Morgan fingerprint density at radius 1 is 1.47 bits per heavy atom. The third-order valence-corrected chi connectivity index (χ3v) is 1.88. The second-order valence-electron chi connectivity index (χ2n) is 2.99. The lowest BCUT2D eigenvalue weighted by atomic mass is 10.2. The second kappa shape index (κ2) is 3.93. The van der Waals surface area contributed by atoms with Gasteiger partial charge in [0.15, 0.2) is 0 Å². The Morgan fingerprint density at radius 3 is 3.07 bits per heavy atom. The number of hydrogen-bond acceptors (Lipinski definition) is 3. The molecule has 0 fully saturated rings. The van der Waals surface area contributed by atoms with Crippen LogP contribution in [0.3, 0.4) is 0 Å². The van der Waals surface area contributed by atoms with E-state index in [1.807, 2.05) is 6.07 Å². The Morgan fingerprint density at radius 2 is 2.33 bits per heavy atom. The van der Waals surface area contributed by atoms with Gasteiger partial charge in [0.2, 0.25) is 5.89 Å². The number of rotatable bonds is 2. The van der Waals surface area contributed by atoms with Crippen LogP contribution in [0.15, 0.2) is 34.9 Å². The van der Waals surface area contributed by atoms with Crippen LogP contribution in [0.2, 0.25) is 0 Å². The van der Waals surface area contributed by atoms with E-state index in [1.54, 1.807) is 12.1 Å². The van der Waals surface area contributed by atoms with E-state index in [-0.39, 0.29) is 12.2 Å². The van der Waals surface area contributed by atoms with E-state index in [0.717, 1.165) is 0 Å². The molecule has 74 valence electrons.